The van der Waals surface area contributed by atoms with Crippen molar-refractivity contribution in [3.05, 3.63) is 72.9 Å². The van der Waals surface area contributed by atoms with Crippen LogP contribution in [0.2, 0.25) is 0 Å². The predicted octanol–water partition coefficient (Wildman–Crippen LogP) is 7.99. The van der Waals surface area contributed by atoms with Gasteiger partial charge >= 0.3 is 0 Å². The van der Waals surface area contributed by atoms with Crippen LogP contribution in [0, 0.1) is 0 Å². The van der Waals surface area contributed by atoms with Crippen LogP contribution in [0.1, 0.15) is 181 Å². The highest BCUT2D eigenvalue weighted by molar-refractivity contribution is 5.76. The van der Waals surface area contributed by atoms with Gasteiger partial charge in [0.15, 0.2) is 12.6 Å². The van der Waals surface area contributed by atoms with Gasteiger partial charge in [-0.25, -0.2) is 0 Å². The molecule has 0 aliphatic carbocycles. The van der Waals surface area contributed by atoms with Gasteiger partial charge in [0.25, 0.3) is 0 Å². The first-order valence-electron chi connectivity index (χ1n) is 27.2. The third kappa shape index (κ3) is 28.0. The third-order valence-electron chi connectivity index (χ3n) is 12.9. The van der Waals surface area contributed by atoms with Crippen molar-refractivity contribution in [2.45, 2.75) is 254 Å². The Morgan fingerprint density at radius 2 is 1.00 bits per heavy atom. The molecule has 12 atom stereocenters. The minimum absolute atomic E-state index is 0.255. The highest BCUT2D eigenvalue weighted by atomic mass is 16.7. The first-order chi connectivity index (χ1) is 34.1. The summed E-state index contributed by atoms with van der Waals surface area (Å²) in [7, 11) is 0. The lowest BCUT2D eigenvalue weighted by Gasteiger charge is -2.46. The van der Waals surface area contributed by atoms with Gasteiger partial charge in [0.1, 0.15) is 48.8 Å². The first kappa shape index (κ1) is 63.5. The highest BCUT2D eigenvalue weighted by Gasteiger charge is 2.51. The van der Waals surface area contributed by atoms with Crippen molar-refractivity contribution in [2.75, 3.05) is 19.8 Å². The lowest BCUT2D eigenvalue weighted by Crippen LogP contribution is -2.65. The quantitative estimate of drug-likeness (QED) is 0.0209. The maximum atomic E-state index is 13.2. The van der Waals surface area contributed by atoms with E-state index in [2.05, 4.69) is 79.9 Å². The Morgan fingerprint density at radius 3 is 1.57 bits per heavy atom. The van der Waals surface area contributed by atoms with E-state index in [1.165, 1.54) is 64.2 Å². The van der Waals surface area contributed by atoms with E-state index in [-0.39, 0.29) is 18.9 Å². The van der Waals surface area contributed by atoms with E-state index >= 15 is 0 Å². The van der Waals surface area contributed by atoms with Crippen molar-refractivity contribution in [1.82, 2.24) is 5.32 Å². The van der Waals surface area contributed by atoms with E-state index < -0.39 is 86.8 Å². The number of unbranched alkanes of at least 4 members (excludes halogenated alkanes) is 18. The smallest absolute Gasteiger partial charge is 0.220 e. The second kappa shape index (κ2) is 41.9. The van der Waals surface area contributed by atoms with Gasteiger partial charge in [-0.3, -0.25) is 4.79 Å². The molecule has 0 saturated carbocycles. The summed E-state index contributed by atoms with van der Waals surface area (Å²) in [6.07, 6.45) is 36.5. The zero-order valence-electron chi connectivity index (χ0n) is 43.0. The molecule has 2 aliphatic heterocycles. The molecule has 14 nitrogen and oxygen atoms in total. The van der Waals surface area contributed by atoms with Crippen LogP contribution in [0.3, 0.4) is 0 Å². The number of allylic oxidation sites excluding steroid dienone is 11. The first-order valence-corrected chi connectivity index (χ1v) is 27.2. The van der Waals surface area contributed by atoms with Crippen LogP contribution in [0.5, 0.6) is 0 Å². The normalized spacial score (nSPS) is 26.5. The molecule has 404 valence electrons. The summed E-state index contributed by atoms with van der Waals surface area (Å²) in [6, 6.07) is -0.946. The van der Waals surface area contributed by atoms with Crippen LogP contribution in [0.4, 0.5) is 0 Å². The van der Waals surface area contributed by atoms with Crippen LogP contribution in [-0.4, -0.2) is 140 Å². The number of amides is 1. The number of aliphatic hydroxyl groups excluding tert-OH is 8. The molecule has 12 unspecified atom stereocenters. The molecule has 2 heterocycles. The topological polar surface area (TPSA) is 228 Å². The fourth-order valence-electron chi connectivity index (χ4n) is 8.45. The average Bonchev–Trinajstić information content (AvgIpc) is 3.36. The fourth-order valence-corrected chi connectivity index (χ4v) is 8.45. The number of rotatable bonds is 41. The van der Waals surface area contributed by atoms with Crippen LogP contribution in [0.15, 0.2) is 72.9 Å². The molecule has 2 aliphatic rings. The summed E-state index contributed by atoms with van der Waals surface area (Å²) < 4.78 is 22.7. The maximum absolute atomic E-state index is 13.2. The van der Waals surface area contributed by atoms with Gasteiger partial charge in [-0.2, -0.15) is 0 Å². The monoisotopic (exact) mass is 992 g/mol. The standard InChI is InChI=1S/C56H97NO13/c1-3-5-7-9-11-13-15-17-19-21-22-24-25-27-29-31-33-35-37-39-45(60)44(57-48(61)40-38-36-34-32-30-28-26-23-20-18-16-14-12-10-8-6-4-2)43-67-55-53(66)51(64)54(47(42-59)69-55)70-56-52(65)50(63)49(62)46(41-58)68-56/h6,8,12,14,18,20,22,24,29,31,37,39,44-47,49-56,58-60,62-66H,3-5,7,9-11,13,15-17,19,21,23,25-28,30,32-36,38,40-43H2,1-2H3,(H,57,61)/b8-6-,14-12-,20-18-,24-22+,31-29+,39-37+. The molecule has 2 rings (SSSR count). The molecule has 14 heteroatoms. The van der Waals surface area contributed by atoms with E-state index in [1.807, 2.05) is 6.08 Å². The Bertz CT molecular complexity index is 1450. The van der Waals surface area contributed by atoms with Crippen molar-refractivity contribution in [1.29, 1.82) is 0 Å². The Kier molecular flexibility index (Phi) is 38.0. The zero-order valence-corrected chi connectivity index (χ0v) is 43.0. The van der Waals surface area contributed by atoms with Crippen LogP contribution in [-0.2, 0) is 23.7 Å². The van der Waals surface area contributed by atoms with Crippen molar-refractivity contribution >= 4 is 5.91 Å². The number of carbonyl (C=O) groups excluding carboxylic acids is 1. The van der Waals surface area contributed by atoms with Gasteiger partial charge in [-0.05, 0) is 77.0 Å². The number of nitrogens with one attached hydrogen (secondary N) is 1. The average molecular weight is 992 g/mol. The summed E-state index contributed by atoms with van der Waals surface area (Å²) in [5.74, 6) is -0.267. The van der Waals surface area contributed by atoms with Gasteiger partial charge in [0.05, 0.1) is 32.0 Å². The molecule has 0 aromatic heterocycles. The van der Waals surface area contributed by atoms with Crippen molar-refractivity contribution in [3.8, 4) is 0 Å². The third-order valence-corrected chi connectivity index (χ3v) is 12.9. The fraction of sp³-hybridized carbons (Fsp3) is 0.768. The van der Waals surface area contributed by atoms with Crippen molar-refractivity contribution < 1.29 is 64.6 Å². The molecule has 0 radical (unpaired) electrons. The number of carbonyl (C=O) groups is 1. The highest BCUT2D eigenvalue weighted by Crippen LogP contribution is 2.30. The maximum Gasteiger partial charge on any atom is 0.220 e. The van der Waals surface area contributed by atoms with Gasteiger partial charge in [0.2, 0.25) is 5.91 Å². The minimum Gasteiger partial charge on any atom is -0.394 e. The molecular formula is C56H97NO13. The number of ether oxygens (including phenoxy) is 4. The second-order valence-electron chi connectivity index (χ2n) is 19.0. The Balaban J connectivity index is 1.85. The Labute approximate surface area is 421 Å². The van der Waals surface area contributed by atoms with Crippen LogP contribution in [0.25, 0.3) is 0 Å². The van der Waals surface area contributed by atoms with E-state index in [9.17, 15) is 45.6 Å². The summed E-state index contributed by atoms with van der Waals surface area (Å²) in [5.41, 5.74) is 0. The van der Waals surface area contributed by atoms with Crippen LogP contribution < -0.4 is 5.32 Å². The lowest BCUT2D eigenvalue weighted by molar-refractivity contribution is -0.359. The largest absolute Gasteiger partial charge is 0.394 e. The molecular weight excluding hydrogens is 895 g/mol. The van der Waals surface area contributed by atoms with Gasteiger partial charge in [0, 0.05) is 6.42 Å². The molecule has 0 bridgehead atoms. The van der Waals surface area contributed by atoms with Crippen LogP contribution >= 0.6 is 0 Å². The molecule has 2 fully saturated rings. The lowest BCUT2D eigenvalue weighted by atomic mass is 9.97. The summed E-state index contributed by atoms with van der Waals surface area (Å²) in [6.45, 7) is 2.63. The molecule has 0 aromatic rings. The van der Waals surface area contributed by atoms with Crippen molar-refractivity contribution in [3.63, 3.8) is 0 Å². The van der Waals surface area contributed by atoms with E-state index in [0.717, 1.165) is 83.5 Å². The van der Waals surface area contributed by atoms with Gasteiger partial charge in [-0.1, -0.05) is 170 Å². The molecule has 2 saturated heterocycles. The van der Waals surface area contributed by atoms with Gasteiger partial charge in [-0.15, -0.1) is 0 Å². The SMILES string of the molecule is CC/C=C\C/C=C\C/C=C\CCCCCCCCCC(=O)NC(COC1OC(CO)C(OC2OC(CO)C(O)C(O)C2O)C(O)C1O)C(O)/C=C/CC/C=C/CC/C=C/CCCCCCCCCCC. The van der Waals surface area contributed by atoms with E-state index in [0.29, 0.717) is 12.8 Å². The number of hydrogen-bond acceptors (Lipinski definition) is 13. The van der Waals surface area contributed by atoms with E-state index in [1.54, 1.807) is 6.08 Å². The second-order valence-corrected chi connectivity index (χ2v) is 19.0. The minimum atomic E-state index is -1.80. The molecule has 0 aromatic carbocycles. The summed E-state index contributed by atoms with van der Waals surface area (Å²) in [5, 5.41) is 86.9. The molecule has 9 N–H and O–H groups in total. The summed E-state index contributed by atoms with van der Waals surface area (Å²) in [4.78, 5) is 13.2. The predicted molar refractivity (Wildman–Crippen MR) is 277 cm³/mol. The molecule has 0 spiro atoms. The van der Waals surface area contributed by atoms with Gasteiger partial charge < -0.3 is 65.1 Å². The zero-order chi connectivity index (χ0) is 51.0. The molecule has 1 amide bonds. The van der Waals surface area contributed by atoms with Crippen molar-refractivity contribution in [2.24, 2.45) is 0 Å². The number of aliphatic hydroxyl groups is 8. The molecule has 70 heavy (non-hydrogen) atoms. The van der Waals surface area contributed by atoms with E-state index in [4.69, 9.17) is 18.9 Å². The Hall–Kier alpha value is -2.57. The Morgan fingerprint density at radius 1 is 0.529 bits per heavy atom. The number of hydrogen-bond donors (Lipinski definition) is 9. The summed E-state index contributed by atoms with van der Waals surface area (Å²) >= 11 is 0.